The first-order valence-corrected chi connectivity index (χ1v) is 4.98. The number of anilines is 1. The Morgan fingerprint density at radius 1 is 1.29 bits per heavy atom. The zero-order valence-electron chi connectivity index (χ0n) is 7.82. The highest BCUT2D eigenvalue weighted by Crippen LogP contribution is 2.19. The summed E-state index contributed by atoms with van der Waals surface area (Å²) < 4.78 is 0. The zero-order valence-corrected chi connectivity index (χ0v) is 9.39. The van der Waals surface area contributed by atoms with E-state index in [1.807, 2.05) is 18.2 Å². The molecule has 1 heterocycles. The summed E-state index contributed by atoms with van der Waals surface area (Å²) in [5, 5.41) is 3.26. The van der Waals surface area contributed by atoms with Crippen LogP contribution in [0.25, 0.3) is 0 Å². The van der Waals surface area contributed by atoms with Crippen LogP contribution in [0, 0.1) is 0 Å². The number of rotatable bonds is 1. The first-order chi connectivity index (χ1) is 6.38. The number of benzene rings is 1. The van der Waals surface area contributed by atoms with Crippen molar-refractivity contribution in [3.8, 4) is 0 Å². The fourth-order valence-electron chi connectivity index (χ4n) is 1.58. The molecule has 1 aromatic carbocycles. The predicted molar refractivity (Wildman–Crippen MR) is 63.5 cm³/mol. The maximum atomic E-state index is 6.18. The molecule has 0 aromatic heterocycles. The maximum Gasteiger partial charge on any atom is 0.116 e. The highest BCUT2D eigenvalue weighted by Gasteiger charge is 2.19. The van der Waals surface area contributed by atoms with Crippen molar-refractivity contribution in [2.45, 2.75) is 5.50 Å². The fraction of sp³-hybridized carbons (Fsp3) is 0.400. The number of hydrogen-bond acceptors (Lipinski definition) is 2. The summed E-state index contributed by atoms with van der Waals surface area (Å²) in [5.41, 5.74) is 1.29. The van der Waals surface area contributed by atoms with Crippen LogP contribution in [-0.4, -0.2) is 25.1 Å². The second-order valence-electron chi connectivity index (χ2n) is 3.17. The summed E-state index contributed by atoms with van der Waals surface area (Å²) in [4.78, 5) is 2.22. The van der Waals surface area contributed by atoms with Crippen LogP contribution in [0.5, 0.6) is 0 Å². The molecular weight excluding hydrogens is 219 g/mol. The van der Waals surface area contributed by atoms with Crippen molar-refractivity contribution < 1.29 is 0 Å². The van der Waals surface area contributed by atoms with Gasteiger partial charge in [-0.2, -0.15) is 0 Å². The largest absolute Gasteiger partial charge is 0.353 e. The normalized spacial score (nSPS) is 21.5. The van der Waals surface area contributed by atoms with Gasteiger partial charge in [0, 0.05) is 25.3 Å². The van der Waals surface area contributed by atoms with Crippen molar-refractivity contribution in [3.05, 3.63) is 30.3 Å². The molecular formula is C10H14Cl2N2. The summed E-state index contributed by atoms with van der Waals surface area (Å²) in [5.74, 6) is 0. The van der Waals surface area contributed by atoms with Gasteiger partial charge in [-0.05, 0) is 12.1 Å². The van der Waals surface area contributed by atoms with Crippen molar-refractivity contribution in [2.24, 2.45) is 0 Å². The van der Waals surface area contributed by atoms with Gasteiger partial charge in [0.1, 0.15) is 5.50 Å². The molecule has 1 fully saturated rings. The van der Waals surface area contributed by atoms with Gasteiger partial charge in [0.15, 0.2) is 0 Å². The third-order valence-corrected chi connectivity index (χ3v) is 2.66. The number of piperazine rings is 1. The molecule has 2 nitrogen and oxygen atoms in total. The minimum absolute atomic E-state index is 0. The maximum absolute atomic E-state index is 6.18. The minimum Gasteiger partial charge on any atom is -0.353 e. The lowest BCUT2D eigenvalue weighted by molar-refractivity contribution is 0.559. The van der Waals surface area contributed by atoms with Crippen molar-refractivity contribution in [2.75, 3.05) is 24.5 Å². The van der Waals surface area contributed by atoms with E-state index in [-0.39, 0.29) is 17.9 Å². The SMILES string of the molecule is Cl.ClC1CNCCN1c1ccccc1. The molecule has 0 spiro atoms. The Hall–Kier alpha value is -0.440. The van der Waals surface area contributed by atoms with Crippen molar-refractivity contribution in [3.63, 3.8) is 0 Å². The van der Waals surface area contributed by atoms with Gasteiger partial charge < -0.3 is 10.2 Å². The predicted octanol–water partition coefficient (Wildman–Crippen LogP) is 2.08. The van der Waals surface area contributed by atoms with E-state index in [0.717, 1.165) is 19.6 Å². The first kappa shape index (κ1) is 11.6. The van der Waals surface area contributed by atoms with Crippen molar-refractivity contribution in [1.29, 1.82) is 0 Å². The Balaban J connectivity index is 0.000000980. The lowest BCUT2D eigenvalue weighted by Crippen LogP contribution is -2.48. The third-order valence-electron chi connectivity index (χ3n) is 2.27. The van der Waals surface area contributed by atoms with Gasteiger partial charge in [-0.25, -0.2) is 0 Å². The molecule has 1 aromatic rings. The minimum atomic E-state index is 0. The summed E-state index contributed by atoms with van der Waals surface area (Å²) in [6.07, 6.45) is 0. The van der Waals surface area contributed by atoms with Gasteiger partial charge >= 0.3 is 0 Å². The van der Waals surface area contributed by atoms with E-state index in [0.29, 0.717) is 0 Å². The van der Waals surface area contributed by atoms with E-state index < -0.39 is 0 Å². The summed E-state index contributed by atoms with van der Waals surface area (Å²) in [6.45, 7) is 2.85. The second-order valence-corrected chi connectivity index (χ2v) is 3.67. The molecule has 0 radical (unpaired) electrons. The van der Waals surface area contributed by atoms with Crippen LogP contribution in [0.15, 0.2) is 30.3 Å². The van der Waals surface area contributed by atoms with Gasteiger partial charge in [0.2, 0.25) is 0 Å². The number of halogens is 2. The molecule has 4 heteroatoms. The van der Waals surface area contributed by atoms with Gasteiger partial charge in [-0.15, -0.1) is 12.4 Å². The molecule has 1 unspecified atom stereocenters. The van der Waals surface area contributed by atoms with Crippen LogP contribution in [0.2, 0.25) is 0 Å². The molecule has 14 heavy (non-hydrogen) atoms. The van der Waals surface area contributed by atoms with E-state index >= 15 is 0 Å². The number of alkyl halides is 1. The van der Waals surface area contributed by atoms with Gasteiger partial charge in [0.05, 0.1) is 0 Å². The molecule has 0 aliphatic carbocycles. The van der Waals surface area contributed by atoms with Crippen LogP contribution >= 0.6 is 24.0 Å². The smallest absolute Gasteiger partial charge is 0.116 e. The van der Waals surface area contributed by atoms with Crippen LogP contribution in [0.4, 0.5) is 5.69 Å². The average molecular weight is 233 g/mol. The Kier molecular flexibility index (Phi) is 4.52. The third kappa shape index (κ3) is 2.53. The highest BCUT2D eigenvalue weighted by atomic mass is 35.5. The van der Waals surface area contributed by atoms with Crippen LogP contribution < -0.4 is 10.2 Å². The van der Waals surface area contributed by atoms with E-state index in [1.165, 1.54) is 5.69 Å². The van der Waals surface area contributed by atoms with E-state index in [1.54, 1.807) is 0 Å². The molecule has 2 rings (SSSR count). The molecule has 1 N–H and O–H groups in total. The molecule has 0 saturated carbocycles. The second kappa shape index (κ2) is 5.44. The molecule has 1 aliphatic heterocycles. The van der Waals surface area contributed by atoms with Crippen molar-refractivity contribution in [1.82, 2.24) is 5.32 Å². The standard InChI is InChI=1S/C10H13ClN2.ClH/c11-10-8-12-6-7-13(10)9-4-2-1-3-5-9;/h1-5,10,12H,6-8H2;1H. The lowest BCUT2D eigenvalue weighted by atomic mass is 10.2. The fourth-order valence-corrected chi connectivity index (χ4v) is 1.90. The molecule has 0 bridgehead atoms. The monoisotopic (exact) mass is 232 g/mol. The molecule has 1 aliphatic rings. The topological polar surface area (TPSA) is 15.3 Å². The van der Waals surface area contributed by atoms with Gasteiger partial charge in [0.25, 0.3) is 0 Å². The van der Waals surface area contributed by atoms with Crippen LogP contribution in [0.1, 0.15) is 0 Å². The van der Waals surface area contributed by atoms with E-state index in [4.69, 9.17) is 11.6 Å². The molecule has 78 valence electrons. The van der Waals surface area contributed by atoms with E-state index in [9.17, 15) is 0 Å². The number of nitrogens with one attached hydrogen (secondary N) is 1. The Bertz CT molecular complexity index is 266. The summed E-state index contributed by atoms with van der Waals surface area (Å²) in [7, 11) is 0. The summed E-state index contributed by atoms with van der Waals surface area (Å²) in [6, 6.07) is 10.3. The van der Waals surface area contributed by atoms with Crippen LogP contribution in [0.3, 0.4) is 0 Å². The number of para-hydroxylation sites is 1. The molecule has 1 saturated heterocycles. The van der Waals surface area contributed by atoms with Crippen LogP contribution in [-0.2, 0) is 0 Å². The zero-order chi connectivity index (χ0) is 9.10. The highest BCUT2D eigenvalue weighted by molar-refractivity contribution is 6.22. The number of hydrogen-bond donors (Lipinski definition) is 1. The quantitative estimate of drug-likeness (QED) is 0.590. The average Bonchev–Trinajstić information content (AvgIpc) is 2.20. The van der Waals surface area contributed by atoms with Gasteiger partial charge in [-0.1, -0.05) is 29.8 Å². The Morgan fingerprint density at radius 2 is 2.00 bits per heavy atom. The van der Waals surface area contributed by atoms with Crippen molar-refractivity contribution >= 4 is 29.7 Å². The lowest BCUT2D eigenvalue weighted by Gasteiger charge is -2.34. The Morgan fingerprint density at radius 3 is 2.64 bits per heavy atom. The first-order valence-electron chi connectivity index (χ1n) is 4.54. The van der Waals surface area contributed by atoms with E-state index in [2.05, 4.69) is 22.3 Å². The summed E-state index contributed by atoms with van der Waals surface area (Å²) >= 11 is 6.18. The Labute approximate surface area is 95.7 Å². The molecule has 1 atom stereocenters. The number of nitrogens with zero attached hydrogens (tertiary/aromatic N) is 1. The van der Waals surface area contributed by atoms with Gasteiger partial charge in [-0.3, -0.25) is 0 Å². The molecule has 0 amide bonds.